The molecule has 124 valence electrons. The van der Waals surface area contributed by atoms with E-state index in [1.165, 1.54) is 4.90 Å². The summed E-state index contributed by atoms with van der Waals surface area (Å²) in [6.07, 6.45) is 5.39. The number of aliphatic carboxylic acids is 1. The van der Waals surface area contributed by atoms with Gasteiger partial charge in [-0.05, 0) is 31.6 Å². The highest BCUT2D eigenvalue weighted by Gasteiger charge is 2.56. The molecule has 2 aliphatic carbocycles. The molecule has 0 bridgehead atoms. The van der Waals surface area contributed by atoms with Crippen LogP contribution >= 0.6 is 0 Å². The van der Waals surface area contributed by atoms with Crippen LogP contribution in [0.1, 0.15) is 44.9 Å². The van der Waals surface area contributed by atoms with Gasteiger partial charge in [0.15, 0.2) is 9.84 Å². The summed E-state index contributed by atoms with van der Waals surface area (Å²) in [5, 5.41) is 9.14. The second kappa shape index (κ2) is 5.51. The smallest absolute Gasteiger partial charge is 0.311 e. The minimum Gasteiger partial charge on any atom is -0.481 e. The summed E-state index contributed by atoms with van der Waals surface area (Å²) in [6, 6.07) is 0. The van der Waals surface area contributed by atoms with E-state index < -0.39 is 32.9 Å². The van der Waals surface area contributed by atoms with Crippen LogP contribution < -0.4 is 0 Å². The van der Waals surface area contributed by atoms with Gasteiger partial charge in [-0.1, -0.05) is 19.3 Å². The van der Waals surface area contributed by atoms with Gasteiger partial charge in [-0.15, -0.1) is 0 Å². The molecule has 2 atom stereocenters. The van der Waals surface area contributed by atoms with Gasteiger partial charge in [-0.3, -0.25) is 9.59 Å². The molecule has 6 nitrogen and oxygen atoms in total. The molecule has 0 unspecified atom stereocenters. The summed E-state index contributed by atoms with van der Waals surface area (Å²) >= 11 is 0. The molecular formula is C15H23NO5S. The Hall–Kier alpha value is -1.11. The third kappa shape index (κ3) is 2.53. The summed E-state index contributed by atoms with van der Waals surface area (Å²) in [5.74, 6) is -1.74. The van der Waals surface area contributed by atoms with Gasteiger partial charge in [-0.2, -0.15) is 0 Å². The van der Waals surface area contributed by atoms with Gasteiger partial charge < -0.3 is 10.0 Å². The van der Waals surface area contributed by atoms with Crippen molar-refractivity contribution in [3.63, 3.8) is 0 Å². The van der Waals surface area contributed by atoms with E-state index in [2.05, 4.69) is 0 Å². The van der Waals surface area contributed by atoms with E-state index in [0.29, 0.717) is 25.8 Å². The lowest BCUT2D eigenvalue weighted by atomic mass is 9.81. The lowest BCUT2D eigenvalue weighted by molar-refractivity contribution is -0.149. The molecule has 3 fully saturated rings. The molecule has 3 rings (SSSR count). The first kappa shape index (κ1) is 15.8. The van der Waals surface area contributed by atoms with Gasteiger partial charge in [0.1, 0.15) is 5.75 Å². The maximum atomic E-state index is 12.4. The number of carbonyl (C=O) groups excluding carboxylic acids is 1. The molecule has 3 aliphatic rings. The average Bonchev–Trinajstić information content (AvgIpc) is 3.13. The Morgan fingerprint density at radius 3 is 2.41 bits per heavy atom. The van der Waals surface area contributed by atoms with Crippen molar-refractivity contribution < 1.29 is 23.1 Å². The van der Waals surface area contributed by atoms with E-state index in [9.17, 15) is 23.1 Å². The Bertz CT molecular complexity index is 581. The van der Waals surface area contributed by atoms with Gasteiger partial charge >= 0.3 is 5.97 Å². The highest BCUT2D eigenvalue weighted by molar-refractivity contribution is 7.92. The monoisotopic (exact) mass is 329 g/mol. The van der Waals surface area contributed by atoms with Crippen LogP contribution in [0.5, 0.6) is 0 Å². The van der Waals surface area contributed by atoms with Gasteiger partial charge in [-0.25, -0.2) is 8.42 Å². The van der Waals surface area contributed by atoms with Gasteiger partial charge in [0, 0.05) is 13.1 Å². The van der Waals surface area contributed by atoms with Crippen molar-refractivity contribution in [2.45, 2.75) is 50.2 Å². The van der Waals surface area contributed by atoms with Crippen molar-refractivity contribution in [3.05, 3.63) is 0 Å². The molecule has 0 spiro atoms. The van der Waals surface area contributed by atoms with Crippen LogP contribution in [-0.2, 0) is 19.4 Å². The fourth-order valence-electron chi connectivity index (χ4n) is 4.46. The van der Waals surface area contributed by atoms with E-state index in [1.54, 1.807) is 0 Å². The van der Waals surface area contributed by atoms with Gasteiger partial charge in [0.2, 0.25) is 5.91 Å². The first-order chi connectivity index (χ1) is 10.3. The molecule has 22 heavy (non-hydrogen) atoms. The van der Waals surface area contributed by atoms with Crippen molar-refractivity contribution in [3.8, 4) is 0 Å². The zero-order valence-electron chi connectivity index (χ0n) is 12.7. The number of nitrogens with zero attached hydrogens (tertiary/aromatic N) is 1. The van der Waals surface area contributed by atoms with E-state index >= 15 is 0 Å². The van der Waals surface area contributed by atoms with Crippen LogP contribution in [0.3, 0.4) is 0 Å². The Morgan fingerprint density at radius 1 is 1.14 bits per heavy atom. The quantitative estimate of drug-likeness (QED) is 0.832. The highest BCUT2D eigenvalue weighted by atomic mass is 32.2. The lowest BCUT2D eigenvalue weighted by Gasteiger charge is -2.23. The normalized spacial score (nSPS) is 32.4. The zero-order valence-corrected chi connectivity index (χ0v) is 13.5. The van der Waals surface area contributed by atoms with Gasteiger partial charge in [0.25, 0.3) is 0 Å². The summed E-state index contributed by atoms with van der Waals surface area (Å²) in [4.78, 5) is 25.5. The molecule has 2 saturated carbocycles. The summed E-state index contributed by atoms with van der Waals surface area (Å²) < 4.78 is 24.6. The molecule has 0 aromatic rings. The SMILES string of the molecule is O=C(CS(=O)(=O)C1CCCC1)N1C[C@@H]2CCC[C@@]2(C(=O)O)C1. The number of carbonyl (C=O) groups is 2. The number of likely N-dealkylation sites (tertiary alicyclic amines) is 1. The second-order valence-electron chi connectivity index (χ2n) is 7.04. The van der Waals surface area contributed by atoms with Crippen LogP contribution in [0, 0.1) is 11.3 Å². The number of carboxylic acid groups (broad SMARTS) is 1. The molecule has 1 N–H and O–H groups in total. The first-order valence-corrected chi connectivity index (χ1v) is 9.79. The zero-order chi connectivity index (χ0) is 16.0. The standard InChI is InChI=1S/C15H23NO5S/c17-13(9-22(20,21)12-5-1-2-6-12)16-8-11-4-3-7-15(11,10-16)14(18)19/h11-12H,1-10H2,(H,18,19)/t11-,15+/m0/s1. The molecule has 1 heterocycles. The summed E-state index contributed by atoms with van der Waals surface area (Å²) in [5.41, 5.74) is -0.840. The Balaban J connectivity index is 1.68. The minimum atomic E-state index is -3.40. The van der Waals surface area contributed by atoms with Crippen LogP contribution in [0.4, 0.5) is 0 Å². The number of carboxylic acids is 1. The predicted molar refractivity (Wildman–Crippen MR) is 80.0 cm³/mol. The highest BCUT2D eigenvalue weighted by Crippen LogP contribution is 2.48. The number of hydrogen-bond donors (Lipinski definition) is 1. The third-order valence-electron chi connectivity index (χ3n) is 5.78. The van der Waals surface area contributed by atoms with Crippen LogP contribution in [0.25, 0.3) is 0 Å². The fraction of sp³-hybridized carbons (Fsp3) is 0.867. The van der Waals surface area contributed by atoms with Crippen molar-refractivity contribution in [2.24, 2.45) is 11.3 Å². The van der Waals surface area contributed by atoms with Gasteiger partial charge in [0.05, 0.1) is 10.7 Å². The topological polar surface area (TPSA) is 91.8 Å². The van der Waals surface area contributed by atoms with E-state index in [1.807, 2.05) is 0 Å². The first-order valence-electron chi connectivity index (χ1n) is 8.08. The molecule has 7 heteroatoms. The largest absolute Gasteiger partial charge is 0.481 e. The minimum absolute atomic E-state index is 0.0249. The number of amides is 1. The molecule has 0 radical (unpaired) electrons. The predicted octanol–water partition coefficient (Wildman–Crippen LogP) is 1.06. The third-order valence-corrected chi connectivity index (χ3v) is 7.92. The van der Waals surface area contributed by atoms with Crippen molar-refractivity contribution in [1.29, 1.82) is 0 Å². The molecular weight excluding hydrogens is 306 g/mol. The van der Waals surface area contributed by atoms with Crippen molar-refractivity contribution in [1.82, 2.24) is 4.90 Å². The van der Waals surface area contributed by atoms with Crippen molar-refractivity contribution in [2.75, 3.05) is 18.8 Å². The fourth-order valence-corrected chi connectivity index (χ4v) is 6.27. The number of fused-ring (bicyclic) bond motifs is 1. The number of rotatable bonds is 4. The van der Waals surface area contributed by atoms with E-state index in [4.69, 9.17) is 0 Å². The number of sulfone groups is 1. The maximum absolute atomic E-state index is 12.4. The van der Waals surface area contributed by atoms with Crippen LogP contribution in [0.2, 0.25) is 0 Å². The van der Waals surface area contributed by atoms with Crippen LogP contribution in [-0.4, -0.2) is 54.4 Å². The Labute approximate surface area is 130 Å². The lowest BCUT2D eigenvalue weighted by Crippen LogP contribution is -2.40. The molecule has 1 aliphatic heterocycles. The Kier molecular flexibility index (Phi) is 3.95. The molecule has 0 aromatic heterocycles. The molecule has 1 saturated heterocycles. The average molecular weight is 329 g/mol. The van der Waals surface area contributed by atoms with Crippen LogP contribution in [0.15, 0.2) is 0 Å². The second-order valence-corrected chi connectivity index (χ2v) is 9.32. The maximum Gasteiger partial charge on any atom is 0.311 e. The van der Waals surface area contributed by atoms with E-state index in [0.717, 1.165) is 25.7 Å². The summed E-state index contributed by atoms with van der Waals surface area (Å²) in [7, 11) is -3.40. The summed E-state index contributed by atoms with van der Waals surface area (Å²) in [6.45, 7) is 0.567. The molecule has 1 amide bonds. The Morgan fingerprint density at radius 2 is 1.82 bits per heavy atom. The number of hydrogen-bond acceptors (Lipinski definition) is 4. The van der Waals surface area contributed by atoms with Crippen molar-refractivity contribution >= 4 is 21.7 Å². The van der Waals surface area contributed by atoms with E-state index in [-0.39, 0.29) is 17.7 Å². The molecule has 0 aromatic carbocycles.